The van der Waals surface area contributed by atoms with Crippen molar-refractivity contribution in [1.29, 1.82) is 0 Å². The minimum atomic E-state index is -0.436. The van der Waals surface area contributed by atoms with Crippen molar-refractivity contribution in [1.82, 2.24) is 25.1 Å². The van der Waals surface area contributed by atoms with Gasteiger partial charge in [-0.25, -0.2) is 0 Å². The van der Waals surface area contributed by atoms with E-state index in [0.717, 1.165) is 11.3 Å². The molecule has 2 heterocycles. The SMILES string of the molecule is Cc1ccccc1-n1nnnc1SCC(=O)N1CCN(c2ccc(Cl)cc2[N+](=O)[O-])CC1. The van der Waals surface area contributed by atoms with Gasteiger partial charge in [-0.1, -0.05) is 41.6 Å². The lowest BCUT2D eigenvalue weighted by Crippen LogP contribution is -2.49. The lowest BCUT2D eigenvalue weighted by atomic mass is 10.2. The van der Waals surface area contributed by atoms with E-state index in [1.165, 1.54) is 17.8 Å². The number of aryl methyl sites for hydroxylation is 1. The smallest absolute Gasteiger partial charge is 0.294 e. The number of tetrazole rings is 1. The van der Waals surface area contributed by atoms with Crippen molar-refractivity contribution in [2.45, 2.75) is 12.1 Å². The molecule has 1 aliphatic rings. The minimum Gasteiger partial charge on any atom is -0.362 e. The van der Waals surface area contributed by atoms with E-state index in [1.807, 2.05) is 36.1 Å². The van der Waals surface area contributed by atoms with Gasteiger partial charge in [0.1, 0.15) is 5.69 Å². The first-order chi connectivity index (χ1) is 15.4. The molecule has 1 amide bonds. The largest absolute Gasteiger partial charge is 0.362 e. The highest BCUT2D eigenvalue weighted by atomic mass is 35.5. The fourth-order valence-electron chi connectivity index (χ4n) is 3.55. The summed E-state index contributed by atoms with van der Waals surface area (Å²) in [4.78, 5) is 27.4. The van der Waals surface area contributed by atoms with Crippen LogP contribution in [-0.2, 0) is 4.79 Å². The highest BCUT2D eigenvalue weighted by molar-refractivity contribution is 7.99. The second kappa shape index (κ2) is 9.53. The quantitative estimate of drug-likeness (QED) is 0.305. The maximum absolute atomic E-state index is 12.8. The van der Waals surface area contributed by atoms with Gasteiger partial charge in [0.05, 0.1) is 16.4 Å². The Morgan fingerprint density at radius 1 is 1.16 bits per heavy atom. The number of aromatic nitrogens is 4. The van der Waals surface area contributed by atoms with Crippen LogP contribution in [0.1, 0.15) is 5.56 Å². The lowest BCUT2D eigenvalue weighted by molar-refractivity contribution is -0.384. The first-order valence-corrected chi connectivity index (χ1v) is 11.2. The molecule has 1 fully saturated rings. The molecule has 0 spiro atoms. The van der Waals surface area contributed by atoms with Crippen LogP contribution >= 0.6 is 23.4 Å². The molecule has 1 aliphatic heterocycles. The van der Waals surface area contributed by atoms with Gasteiger partial charge in [-0.3, -0.25) is 14.9 Å². The molecule has 0 atom stereocenters. The molecule has 0 bridgehead atoms. The molecule has 2 aromatic carbocycles. The number of thioether (sulfide) groups is 1. The Kier molecular flexibility index (Phi) is 6.56. The molecule has 0 saturated carbocycles. The van der Waals surface area contributed by atoms with Crippen LogP contribution in [0.5, 0.6) is 0 Å². The number of carbonyl (C=O) groups is 1. The molecule has 0 N–H and O–H groups in total. The number of nitro groups is 1. The van der Waals surface area contributed by atoms with E-state index in [-0.39, 0.29) is 17.3 Å². The number of para-hydroxylation sites is 1. The van der Waals surface area contributed by atoms with Gasteiger partial charge in [-0.15, -0.1) is 5.10 Å². The van der Waals surface area contributed by atoms with Crippen LogP contribution in [0.3, 0.4) is 0 Å². The van der Waals surface area contributed by atoms with E-state index in [0.29, 0.717) is 42.0 Å². The van der Waals surface area contributed by atoms with Crippen LogP contribution in [0.15, 0.2) is 47.6 Å². The highest BCUT2D eigenvalue weighted by Crippen LogP contribution is 2.31. The molecule has 12 heteroatoms. The number of nitro benzene ring substituents is 1. The van der Waals surface area contributed by atoms with Gasteiger partial charge >= 0.3 is 0 Å². The minimum absolute atomic E-state index is 0.0282. The third-order valence-corrected chi connectivity index (χ3v) is 6.36. The van der Waals surface area contributed by atoms with Crippen molar-refractivity contribution < 1.29 is 9.72 Å². The van der Waals surface area contributed by atoms with E-state index >= 15 is 0 Å². The average Bonchev–Trinajstić information content (AvgIpc) is 3.26. The van der Waals surface area contributed by atoms with Crippen LogP contribution in [0, 0.1) is 17.0 Å². The number of amides is 1. The molecule has 0 unspecified atom stereocenters. The Morgan fingerprint density at radius 3 is 2.62 bits per heavy atom. The maximum atomic E-state index is 12.8. The summed E-state index contributed by atoms with van der Waals surface area (Å²) in [6.07, 6.45) is 0. The Hall–Kier alpha value is -3.18. The lowest BCUT2D eigenvalue weighted by Gasteiger charge is -2.35. The Labute approximate surface area is 193 Å². The number of piperazine rings is 1. The molecular weight excluding hydrogens is 454 g/mol. The van der Waals surface area contributed by atoms with E-state index in [2.05, 4.69) is 15.5 Å². The van der Waals surface area contributed by atoms with Crippen LogP contribution in [0.4, 0.5) is 11.4 Å². The third-order valence-electron chi connectivity index (χ3n) is 5.22. The monoisotopic (exact) mass is 473 g/mol. The fourth-order valence-corrected chi connectivity index (χ4v) is 4.50. The molecule has 166 valence electrons. The molecule has 4 rings (SSSR count). The summed E-state index contributed by atoms with van der Waals surface area (Å²) in [5, 5.41) is 24.1. The van der Waals surface area contributed by atoms with Crippen molar-refractivity contribution >= 4 is 40.6 Å². The first-order valence-electron chi connectivity index (χ1n) is 9.88. The van der Waals surface area contributed by atoms with Gasteiger partial charge in [0.2, 0.25) is 11.1 Å². The molecule has 3 aromatic rings. The zero-order chi connectivity index (χ0) is 22.7. The fraction of sp³-hybridized carbons (Fsp3) is 0.300. The van der Waals surface area contributed by atoms with Crippen LogP contribution in [0.25, 0.3) is 5.69 Å². The Balaban J connectivity index is 1.36. The van der Waals surface area contributed by atoms with E-state index in [4.69, 9.17) is 11.6 Å². The normalized spacial score (nSPS) is 13.9. The van der Waals surface area contributed by atoms with E-state index < -0.39 is 4.92 Å². The van der Waals surface area contributed by atoms with Crippen LogP contribution in [0.2, 0.25) is 5.02 Å². The third kappa shape index (κ3) is 4.68. The number of hydrogen-bond donors (Lipinski definition) is 0. The number of benzene rings is 2. The second-order valence-electron chi connectivity index (χ2n) is 7.21. The molecule has 0 radical (unpaired) electrons. The van der Waals surface area contributed by atoms with Gasteiger partial charge in [-0.2, -0.15) is 4.68 Å². The van der Waals surface area contributed by atoms with E-state index in [1.54, 1.807) is 21.7 Å². The molecule has 32 heavy (non-hydrogen) atoms. The number of anilines is 1. The number of halogens is 1. The number of rotatable bonds is 6. The summed E-state index contributed by atoms with van der Waals surface area (Å²) in [5.41, 5.74) is 2.38. The molecule has 1 saturated heterocycles. The number of nitrogens with zero attached hydrogens (tertiary/aromatic N) is 7. The van der Waals surface area contributed by atoms with Crippen LogP contribution < -0.4 is 4.90 Å². The van der Waals surface area contributed by atoms with Crippen molar-refractivity contribution in [3.8, 4) is 5.69 Å². The van der Waals surface area contributed by atoms with E-state index in [9.17, 15) is 14.9 Å². The molecule has 0 aliphatic carbocycles. The van der Waals surface area contributed by atoms with Crippen molar-refractivity contribution in [2.24, 2.45) is 0 Å². The van der Waals surface area contributed by atoms with Crippen LogP contribution in [-0.4, -0.2) is 67.9 Å². The summed E-state index contributed by atoms with van der Waals surface area (Å²) in [6.45, 7) is 3.92. The second-order valence-corrected chi connectivity index (χ2v) is 8.59. The molecule has 10 nitrogen and oxygen atoms in total. The Morgan fingerprint density at radius 2 is 1.91 bits per heavy atom. The van der Waals surface area contributed by atoms with Gasteiger partial charge in [0, 0.05) is 37.3 Å². The standard InChI is InChI=1S/C20H20ClN7O3S/c1-14-4-2-3-5-16(14)27-20(22-23-24-27)32-13-19(29)26-10-8-25(9-11-26)17-7-6-15(21)12-18(17)28(30)31/h2-7,12H,8-11,13H2,1H3. The number of carbonyl (C=O) groups excluding carboxylic acids is 1. The summed E-state index contributed by atoms with van der Waals surface area (Å²) >= 11 is 7.19. The molecule has 1 aromatic heterocycles. The summed E-state index contributed by atoms with van der Waals surface area (Å²) < 4.78 is 1.63. The maximum Gasteiger partial charge on any atom is 0.294 e. The zero-order valence-electron chi connectivity index (χ0n) is 17.2. The summed E-state index contributed by atoms with van der Waals surface area (Å²) in [5.74, 6) is 0.174. The molecular formula is C20H20ClN7O3S. The van der Waals surface area contributed by atoms with Gasteiger partial charge in [-0.05, 0) is 41.1 Å². The van der Waals surface area contributed by atoms with Gasteiger partial charge in [0.15, 0.2) is 0 Å². The summed E-state index contributed by atoms with van der Waals surface area (Å²) in [6, 6.07) is 12.4. The van der Waals surface area contributed by atoms with Crippen molar-refractivity contribution in [2.75, 3.05) is 36.8 Å². The first kappa shape index (κ1) is 22.0. The Bertz CT molecular complexity index is 1150. The average molecular weight is 474 g/mol. The predicted octanol–water partition coefficient (Wildman–Crippen LogP) is 2.97. The number of hydrogen-bond acceptors (Lipinski definition) is 8. The van der Waals surface area contributed by atoms with Crippen molar-refractivity contribution in [3.05, 3.63) is 63.2 Å². The van der Waals surface area contributed by atoms with Gasteiger partial charge < -0.3 is 9.80 Å². The topological polar surface area (TPSA) is 110 Å². The van der Waals surface area contributed by atoms with Gasteiger partial charge in [0.25, 0.3) is 5.69 Å². The highest BCUT2D eigenvalue weighted by Gasteiger charge is 2.26. The zero-order valence-corrected chi connectivity index (χ0v) is 18.8. The summed E-state index contributed by atoms with van der Waals surface area (Å²) in [7, 11) is 0. The van der Waals surface area contributed by atoms with Crippen molar-refractivity contribution in [3.63, 3.8) is 0 Å². The predicted molar refractivity (Wildman–Crippen MR) is 122 cm³/mol.